The molecule has 3 heterocycles. The number of ether oxygens (including phenoxy) is 1. The third-order valence-electron chi connectivity index (χ3n) is 4.20. The molecule has 7 heteroatoms. The second kappa shape index (κ2) is 6.37. The number of carbonyl (C=O) groups excluding carboxylic acids is 1. The smallest absolute Gasteiger partial charge is 0.322 e. The molecule has 0 radical (unpaired) electrons. The van der Waals surface area contributed by atoms with Gasteiger partial charge in [-0.05, 0) is 26.0 Å². The van der Waals surface area contributed by atoms with Gasteiger partial charge in [-0.25, -0.2) is 4.79 Å². The zero-order chi connectivity index (χ0) is 16.4. The molecule has 0 spiro atoms. The Morgan fingerprint density at radius 2 is 2.26 bits per heavy atom. The van der Waals surface area contributed by atoms with E-state index in [0.29, 0.717) is 25.4 Å². The Morgan fingerprint density at radius 1 is 1.43 bits per heavy atom. The molecule has 0 saturated carbocycles. The van der Waals surface area contributed by atoms with Crippen molar-refractivity contribution in [3.63, 3.8) is 0 Å². The first-order valence-electron chi connectivity index (χ1n) is 7.63. The highest BCUT2D eigenvalue weighted by Crippen LogP contribution is 2.29. The molecular weight excluding hydrogens is 294 g/mol. The monoisotopic (exact) mass is 315 g/mol. The number of nitrogens with one attached hydrogen (secondary N) is 1. The lowest BCUT2D eigenvalue weighted by atomic mass is 10.0. The van der Waals surface area contributed by atoms with E-state index in [0.717, 1.165) is 17.0 Å². The first kappa shape index (κ1) is 15.5. The van der Waals surface area contributed by atoms with E-state index in [1.165, 1.54) is 0 Å². The summed E-state index contributed by atoms with van der Waals surface area (Å²) in [6.07, 6.45) is 3.31. The Labute approximate surface area is 135 Å². The van der Waals surface area contributed by atoms with Crippen molar-refractivity contribution in [3.8, 4) is 0 Å². The number of carbonyl (C=O) groups is 1. The molecule has 0 aromatic carbocycles. The Kier molecular flexibility index (Phi) is 4.29. The lowest BCUT2D eigenvalue weighted by Crippen LogP contribution is -2.45. The van der Waals surface area contributed by atoms with Gasteiger partial charge in [0.15, 0.2) is 0 Å². The Bertz CT molecular complexity index is 698. The molecule has 0 bridgehead atoms. The van der Waals surface area contributed by atoms with Crippen molar-refractivity contribution in [1.29, 1.82) is 0 Å². The highest BCUT2D eigenvalue weighted by atomic mass is 16.5. The van der Waals surface area contributed by atoms with Crippen molar-refractivity contribution in [2.75, 3.05) is 25.1 Å². The molecule has 2 aromatic rings. The lowest BCUT2D eigenvalue weighted by molar-refractivity contribution is 0.0143. The number of amides is 2. The van der Waals surface area contributed by atoms with Gasteiger partial charge in [-0.3, -0.25) is 9.67 Å². The van der Waals surface area contributed by atoms with Crippen molar-refractivity contribution >= 4 is 11.7 Å². The minimum atomic E-state index is -0.144. The van der Waals surface area contributed by atoms with Crippen LogP contribution in [-0.4, -0.2) is 45.5 Å². The van der Waals surface area contributed by atoms with Gasteiger partial charge < -0.3 is 15.0 Å². The van der Waals surface area contributed by atoms with Gasteiger partial charge >= 0.3 is 6.03 Å². The fraction of sp³-hybridized carbons (Fsp3) is 0.438. The molecular formula is C16H21N5O2. The van der Waals surface area contributed by atoms with E-state index in [-0.39, 0.29) is 12.1 Å². The minimum absolute atomic E-state index is 0.130. The predicted octanol–water partition coefficient (Wildman–Crippen LogP) is 2.04. The number of urea groups is 1. The maximum absolute atomic E-state index is 12.7. The topological polar surface area (TPSA) is 72.3 Å². The van der Waals surface area contributed by atoms with Crippen LogP contribution >= 0.6 is 0 Å². The average Bonchev–Trinajstić information content (AvgIpc) is 2.81. The number of hydrogen-bond donors (Lipinski definition) is 1. The van der Waals surface area contributed by atoms with Crippen LogP contribution in [0.2, 0.25) is 0 Å². The normalized spacial score (nSPS) is 18.0. The Balaban J connectivity index is 1.85. The van der Waals surface area contributed by atoms with Crippen molar-refractivity contribution in [2.45, 2.75) is 19.9 Å². The van der Waals surface area contributed by atoms with Crippen LogP contribution < -0.4 is 5.32 Å². The maximum Gasteiger partial charge on any atom is 0.322 e. The van der Waals surface area contributed by atoms with Gasteiger partial charge in [0.1, 0.15) is 0 Å². The molecule has 0 unspecified atom stereocenters. The third-order valence-corrected chi connectivity index (χ3v) is 4.20. The van der Waals surface area contributed by atoms with Crippen LogP contribution in [0.4, 0.5) is 10.5 Å². The van der Waals surface area contributed by atoms with E-state index in [2.05, 4.69) is 15.4 Å². The van der Waals surface area contributed by atoms with E-state index in [9.17, 15) is 4.79 Å². The summed E-state index contributed by atoms with van der Waals surface area (Å²) in [6.45, 7) is 5.54. The molecule has 2 aromatic heterocycles. The summed E-state index contributed by atoms with van der Waals surface area (Å²) in [4.78, 5) is 18.5. The zero-order valence-electron chi connectivity index (χ0n) is 13.6. The van der Waals surface area contributed by atoms with Crippen LogP contribution in [0.5, 0.6) is 0 Å². The van der Waals surface area contributed by atoms with Gasteiger partial charge in [0.05, 0.1) is 36.8 Å². The molecule has 1 fully saturated rings. The van der Waals surface area contributed by atoms with E-state index < -0.39 is 0 Å². The zero-order valence-corrected chi connectivity index (χ0v) is 13.6. The molecule has 1 aliphatic rings. The molecule has 1 N–H and O–H groups in total. The van der Waals surface area contributed by atoms with Crippen LogP contribution in [0.25, 0.3) is 0 Å². The molecule has 0 aliphatic carbocycles. The third kappa shape index (κ3) is 3.05. The van der Waals surface area contributed by atoms with Crippen LogP contribution in [0.1, 0.15) is 23.0 Å². The minimum Gasteiger partial charge on any atom is -0.377 e. The lowest BCUT2D eigenvalue weighted by Gasteiger charge is -2.36. The molecule has 23 heavy (non-hydrogen) atoms. The number of nitrogens with zero attached hydrogens (tertiary/aromatic N) is 4. The van der Waals surface area contributed by atoms with Crippen molar-refractivity contribution in [2.24, 2.45) is 7.05 Å². The standard InChI is InChI=1S/C16H21N5O2/c1-11-15(12(2)20(3)19-11)14-10-23-8-7-21(14)16(22)18-13-5-4-6-17-9-13/h4-6,9,14H,7-8,10H2,1-3H3,(H,18,22)/t14-/m1/s1. The summed E-state index contributed by atoms with van der Waals surface area (Å²) in [5, 5.41) is 7.36. The fourth-order valence-electron chi connectivity index (χ4n) is 2.99. The van der Waals surface area contributed by atoms with E-state index >= 15 is 0 Å². The second-order valence-corrected chi connectivity index (χ2v) is 5.66. The fourth-order valence-corrected chi connectivity index (χ4v) is 2.99. The highest BCUT2D eigenvalue weighted by Gasteiger charge is 2.32. The number of aryl methyl sites for hydroxylation is 2. The quantitative estimate of drug-likeness (QED) is 0.920. The summed E-state index contributed by atoms with van der Waals surface area (Å²) in [7, 11) is 1.91. The maximum atomic E-state index is 12.7. The summed E-state index contributed by atoms with van der Waals surface area (Å²) in [5.74, 6) is 0. The van der Waals surface area contributed by atoms with Crippen LogP contribution in [-0.2, 0) is 11.8 Å². The predicted molar refractivity (Wildman–Crippen MR) is 86.2 cm³/mol. The summed E-state index contributed by atoms with van der Waals surface area (Å²) >= 11 is 0. The van der Waals surface area contributed by atoms with Gasteiger partial charge in [0, 0.05) is 31.0 Å². The van der Waals surface area contributed by atoms with Gasteiger partial charge in [0.25, 0.3) is 0 Å². The molecule has 1 aliphatic heterocycles. The molecule has 1 saturated heterocycles. The molecule has 2 amide bonds. The first-order valence-corrected chi connectivity index (χ1v) is 7.63. The van der Waals surface area contributed by atoms with Crippen molar-refractivity contribution in [3.05, 3.63) is 41.5 Å². The summed E-state index contributed by atoms with van der Waals surface area (Å²) in [5.41, 5.74) is 3.73. The molecule has 7 nitrogen and oxygen atoms in total. The van der Waals surface area contributed by atoms with Gasteiger partial charge in [-0.1, -0.05) is 0 Å². The van der Waals surface area contributed by atoms with Crippen molar-refractivity contribution < 1.29 is 9.53 Å². The number of pyridine rings is 1. The number of morpholine rings is 1. The van der Waals surface area contributed by atoms with E-state index in [1.807, 2.05) is 36.5 Å². The van der Waals surface area contributed by atoms with E-state index in [1.54, 1.807) is 18.5 Å². The van der Waals surface area contributed by atoms with Crippen LogP contribution in [0, 0.1) is 13.8 Å². The first-order chi connectivity index (χ1) is 11.1. The van der Waals surface area contributed by atoms with Gasteiger partial charge in [-0.2, -0.15) is 5.10 Å². The van der Waals surface area contributed by atoms with Crippen molar-refractivity contribution in [1.82, 2.24) is 19.7 Å². The number of rotatable bonds is 2. The van der Waals surface area contributed by atoms with Gasteiger partial charge in [0.2, 0.25) is 0 Å². The Morgan fingerprint density at radius 3 is 2.91 bits per heavy atom. The summed E-state index contributed by atoms with van der Waals surface area (Å²) < 4.78 is 7.46. The average molecular weight is 315 g/mol. The number of aromatic nitrogens is 3. The number of hydrogen-bond acceptors (Lipinski definition) is 4. The Hall–Kier alpha value is -2.41. The largest absolute Gasteiger partial charge is 0.377 e. The second-order valence-electron chi connectivity index (χ2n) is 5.66. The van der Waals surface area contributed by atoms with Gasteiger partial charge in [-0.15, -0.1) is 0 Å². The highest BCUT2D eigenvalue weighted by molar-refractivity contribution is 5.89. The molecule has 3 rings (SSSR count). The SMILES string of the molecule is Cc1nn(C)c(C)c1[C@H]1COCCN1C(=O)Nc1cccnc1. The summed E-state index contributed by atoms with van der Waals surface area (Å²) in [6, 6.07) is 3.34. The molecule has 122 valence electrons. The van der Waals surface area contributed by atoms with E-state index in [4.69, 9.17) is 4.74 Å². The van der Waals surface area contributed by atoms with Crippen LogP contribution in [0.3, 0.4) is 0 Å². The molecule has 1 atom stereocenters. The number of anilines is 1. The van der Waals surface area contributed by atoms with Crippen LogP contribution in [0.15, 0.2) is 24.5 Å².